The highest BCUT2D eigenvalue weighted by Crippen LogP contribution is 2.31. The van der Waals surface area contributed by atoms with Crippen LogP contribution in [0.2, 0.25) is 0 Å². The van der Waals surface area contributed by atoms with Crippen molar-refractivity contribution in [1.82, 2.24) is 5.01 Å². The van der Waals surface area contributed by atoms with Crippen LogP contribution < -0.4 is 10.1 Å². The lowest BCUT2D eigenvalue weighted by Crippen LogP contribution is -2.27. The lowest BCUT2D eigenvalue weighted by atomic mass is 9.94. The van der Waals surface area contributed by atoms with Crippen LogP contribution in [0.3, 0.4) is 0 Å². The largest absolute Gasteiger partial charge is 0.493 e. The summed E-state index contributed by atoms with van der Waals surface area (Å²) in [7, 11) is 0. The minimum atomic E-state index is -0.193. The van der Waals surface area contributed by atoms with Gasteiger partial charge in [0.15, 0.2) is 0 Å². The van der Waals surface area contributed by atoms with Crippen LogP contribution in [0.4, 0.5) is 5.69 Å². The van der Waals surface area contributed by atoms with Crippen molar-refractivity contribution in [1.29, 1.82) is 0 Å². The number of hydrogen-bond donors (Lipinski definition) is 1. The van der Waals surface area contributed by atoms with Gasteiger partial charge in [-0.15, -0.1) is 0 Å². The minimum absolute atomic E-state index is 0.104. The molecule has 0 spiro atoms. The predicted molar refractivity (Wildman–Crippen MR) is 131 cm³/mol. The molecule has 4 rings (SSSR count). The molecule has 0 aliphatic carbocycles. The summed E-state index contributed by atoms with van der Waals surface area (Å²) in [5.41, 5.74) is 3.25. The molecule has 0 aromatic heterocycles. The molecule has 2 aromatic rings. The number of fused-ring (bicyclic) bond motifs is 1. The van der Waals surface area contributed by atoms with Gasteiger partial charge < -0.3 is 14.8 Å². The van der Waals surface area contributed by atoms with Crippen LogP contribution in [0.25, 0.3) is 0 Å². The van der Waals surface area contributed by atoms with Crippen molar-refractivity contribution >= 4 is 35.5 Å². The number of nitrogens with one attached hydrogen (secondary N) is 1. The Bertz CT molecular complexity index is 1000. The SMILES string of the molecule is CCOC(=O)CC1COc2cc(NC(=O)c3ccc(C=NN4CCSCC4)cc3)ccc2C1. The molecule has 7 nitrogen and oxygen atoms in total. The third-order valence-electron chi connectivity index (χ3n) is 5.60. The van der Waals surface area contributed by atoms with Crippen LogP contribution in [0.5, 0.6) is 5.75 Å². The Morgan fingerprint density at radius 2 is 2.00 bits per heavy atom. The molecule has 33 heavy (non-hydrogen) atoms. The zero-order chi connectivity index (χ0) is 23.0. The molecule has 2 aliphatic rings. The number of benzene rings is 2. The molecule has 8 heteroatoms. The van der Waals surface area contributed by atoms with Gasteiger partial charge in [0, 0.05) is 47.8 Å². The Labute approximate surface area is 198 Å². The number of ether oxygens (including phenoxy) is 2. The van der Waals surface area contributed by atoms with E-state index < -0.39 is 0 Å². The first-order valence-electron chi connectivity index (χ1n) is 11.3. The Hall–Kier alpha value is -3.00. The van der Waals surface area contributed by atoms with E-state index in [2.05, 4.69) is 15.4 Å². The average molecular weight is 468 g/mol. The van der Waals surface area contributed by atoms with Crippen LogP contribution in [0.1, 0.15) is 34.8 Å². The first-order chi connectivity index (χ1) is 16.1. The predicted octanol–water partition coefficient (Wildman–Crippen LogP) is 3.83. The number of carbonyl (C=O) groups is 2. The second-order valence-electron chi connectivity index (χ2n) is 8.10. The molecule has 1 amide bonds. The fourth-order valence-electron chi connectivity index (χ4n) is 3.84. The number of nitrogens with zero attached hydrogens (tertiary/aromatic N) is 2. The number of hydrogen-bond acceptors (Lipinski definition) is 7. The van der Waals surface area contributed by atoms with E-state index in [1.165, 1.54) is 0 Å². The maximum atomic E-state index is 12.7. The Morgan fingerprint density at radius 3 is 2.76 bits per heavy atom. The monoisotopic (exact) mass is 467 g/mol. The van der Waals surface area contributed by atoms with Crippen molar-refractivity contribution in [3.8, 4) is 5.75 Å². The summed E-state index contributed by atoms with van der Waals surface area (Å²) in [6.45, 7) is 4.60. The summed E-state index contributed by atoms with van der Waals surface area (Å²) in [4.78, 5) is 24.4. The summed E-state index contributed by atoms with van der Waals surface area (Å²) < 4.78 is 10.9. The lowest BCUT2D eigenvalue weighted by Gasteiger charge is -2.25. The number of esters is 1. The summed E-state index contributed by atoms with van der Waals surface area (Å²) >= 11 is 1.95. The van der Waals surface area contributed by atoms with Crippen LogP contribution in [0.15, 0.2) is 47.6 Å². The molecule has 2 heterocycles. The highest BCUT2D eigenvalue weighted by atomic mass is 32.2. The van der Waals surface area contributed by atoms with Crippen LogP contribution >= 0.6 is 11.8 Å². The molecule has 0 bridgehead atoms. The fourth-order valence-corrected chi connectivity index (χ4v) is 4.72. The first-order valence-corrected chi connectivity index (χ1v) is 12.5. The van der Waals surface area contributed by atoms with E-state index in [1.54, 1.807) is 19.1 Å². The molecule has 1 fully saturated rings. The van der Waals surface area contributed by atoms with E-state index in [-0.39, 0.29) is 17.8 Å². The van der Waals surface area contributed by atoms with Gasteiger partial charge in [0.2, 0.25) is 0 Å². The average Bonchev–Trinajstić information content (AvgIpc) is 2.84. The van der Waals surface area contributed by atoms with Gasteiger partial charge in [0.05, 0.1) is 25.8 Å². The minimum Gasteiger partial charge on any atom is -0.493 e. The van der Waals surface area contributed by atoms with Crippen molar-refractivity contribution in [2.75, 3.05) is 43.1 Å². The summed E-state index contributed by atoms with van der Waals surface area (Å²) in [6.07, 6.45) is 2.94. The number of rotatable bonds is 7. The Balaban J connectivity index is 1.32. The van der Waals surface area contributed by atoms with Crippen LogP contribution in [0, 0.1) is 5.92 Å². The molecule has 2 aliphatic heterocycles. The number of thioether (sulfide) groups is 1. The van der Waals surface area contributed by atoms with Crippen molar-refractivity contribution in [3.05, 3.63) is 59.2 Å². The maximum absolute atomic E-state index is 12.7. The number of hydrazone groups is 1. The standard InChI is InChI=1S/C25H29N3O4S/c1-2-31-24(29)14-19-13-21-7-8-22(15-23(21)32-17-19)27-25(30)20-5-3-18(4-6-20)16-26-28-9-11-33-12-10-28/h3-8,15-16,19H,2,9-14,17H2,1H3,(H,27,30). The van der Waals surface area contributed by atoms with Gasteiger partial charge in [-0.1, -0.05) is 18.2 Å². The van der Waals surface area contributed by atoms with Crippen molar-refractivity contribution < 1.29 is 19.1 Å². The van der Waals surface area contributed by atoms with Crippen molar-refractivity contribution in [3.63, 3.8) is 0 Å². The molecule has 0 radical (unpaired) electrons. The van der Waals surface area contributed by atoms with Gasteiger partial charge in [0.1, 0.15) is 5.75 Å². The first kappa shape index (κ1) is 23.2. The number of carbonyl (C=O) groups excluding carboxylic acids is 2. The number of amides is 1. The van der Waals surface area contributed by atoms with Crippen molar-refractivity contribution in [2.45, 2.75) is 19.8 Å². The topological polar surface area (TPSA) is 80.2 Å². The van der Waals surface area contributed by atoms with Gasteiger partial charge in [0.25, 0.3) is 5.91 Å². The van der Waals surface area contributed by atoms with Crippen LogP contribution in [-0.4, -0.2) is 60.9 Å². The van der Waals surface area contributed by atoms with Crippen molar-refractivity contribution in [2.24, 2.45) is 11.0 Å². The Kier molecular flexibility index (Phi) is 7.88. The molecule has 174 valence electrons. The zero-order valence-electron chi connectivity index (χ0n) is 18.8. The van der Waals surface area contributed by atoms with E-state index >= 15 is 0 Å². The molecule has 1 N–H and O–H groups in total. The summed E-state index contributed by atoms with van der Waals surface area (Å²) in [5, 5.41) is 9.53. The van der Waals surface area contributed by atoms with Gasteiger partial charge in [-0.2, -0.15) is 16.9 Å². The van der Waals surface area contributed by atoms with Gasteiger partial charge in [-0.25, -0.2) is 0 Å². The highest BCUT2D eigenvalue weighted by molar-refractivity contribution is 7.99. The molecule has 1 unspecified atom stereocenters. The summed E-state index contributed by atoms with van der Waals surface area (Å²) in [5.74, 6) is 2.70. The second-order valence-corrected chi connectivity index (χ2v) is 9.32. The highest BCUT2D eigenvalue weighted by Gasteiger charge is 2.23. The van der Waals surface area contributed by atoms with E-state index in [1.807, 2.05) is 48.3 Å². The molecular weight excluding hydrogens is 438 g/mol. The molecule has 0 saturated carbocycles. The van der Waals surface area contributed by atoms with E-state index in [4.69, 9.17) is 9.47 Å². The van der Waals surface area contributed by atoms with Gasteiger partial charge in [-0.05, 0) is 42.7 Å². The lowest BCUT2D eigenvalue weighted by molar-refractivity contribution is -0.144. The third-order valence-corrected chi connectivity index (χ3v) is 6.54. The second kappa shape index (κ2) is 11.2. The van der Waals surface area contributed by atoms with Gasteiger partial charge in [-0.3, -0.25) is 14.6 Å². The van der Waals surface area contributed by atoms with Gasteiger partial charge >= 0.3 is 5.97 Å². The van der Waals surface area contributed by atoms with E-state index in [9.17, 15) is 9.59 Å². The number of anilines is 1. The maximum Gasteiger partial charge on any atom is 0.306 e. The van der Waals surface area contributed by atoms with E-state index in [0.717, 1.165) is 47.9 Å². The smallest absolute Gasteiger partial charge is 0.306 e. The molecule has 2 aromatic carbocycles. The normalized spacial score (nSPS) is 17.8. The quantitative estimate of drug-likeness (QED) is 0.493. The zero-order valence-corrected chi connectivity index (χ0v) is 19.6. The molecular formula is C25H29N3O4S. The Morgan fingerprint density at radius 1 is 1.21 bits per heavy atom. The fraction of sp³-hybridized carbons (Fsp3) is 0.400. The third kappa shape index (κ3) is 6.51. The molecule has 1 atom stereocenters. The van der Waals surface area contributed by atoms with Crippen LogP contribution in [-0.2, 0) is 16.0 Å². The molecule has 1 saturated heterocycles. The van der Waals surface area contributed by atoms with E-state index in [0.29, 0.717) is 30.9 Å². The summed E-state index contributed by atoms with van der Waals surface area (Å²) in [6, 6.07) is 13.1.